The summed E-state index contributed by atoms with van der Waals surface area (Å²) < 4.78 is 6.81. The van der Waals surface area contributed by atoms with E-state index in [2.05, 4.69) is 38.4 Å². The van der Waals surface area contributed by atoms with Crippen molar-refractivity contribution in [3.8, 4) is 5.75 Å². The van der Waals surface area contributed by atoms with Gasteiger partial charge in [-0.25, -0.2) is 5.43 Å². The molecule has 0 heterocycles. The summed E-state index contributed by atoms with van der Waals surface area (Å²) in [6.45, 7) is 4.06. The first kappa shape index (κ1) is 19.4. The molecule has 26 heavy (non-hydrogen) atoms. The Hall–Kier alpha value is -2.93. The molecule has 6 nitrogen and oxygen atoms in total. The molecule has 0 bridgehead atoms. The van der Waals surface area contributed by atoms with Gasteiger partial charge < -0.3 is 10.1 Å². The van der Waals surface area contributed by atoms with Crippen LogP contribution in [0.5, 0.6) is 5.75 Å². The number of para-hydroxylation sites is 1. The van der Waals surface area contributed by atoms with E-state index in [1.54, 1.807) is 12.1 Å². The van der Waals surface area contributed by atoms with Gasteiger partial charge in [0.2, 0.25) is 0 Å². The van der Waals surface area contributed by atoms with Crippen molar-refractivity contribution in [3.63, 3.8) is 0 Å². The SMILES string of the molecule is C=CCNC(=O)C(=O)N/N=C\c1ccccc1OCc1ccc(Br)cc1. The predicted octanol–water partition coefficient (Wildman–Crippen LogP) is 2.78. The second-order valence-electron chi connectivity index (χ2n) is 5.15. The molecule has 0 aliphatic carbocycles. The first-order chi connectivity index (χ1) is 12.6. The molecule has 0 unspecified atom stereocenters. The second kappa shape index (κ2) is 10.1. The Bertz CT molecular complexity index is 804. The van der Waals surface area contributed by atoms with Gasteiger partial charge in [0.25, 0.3) is 0 Å². The van der Waals surface area contributed by atoms with Crippen molar-refractivity contribution in [2.24, 2.45) is 5.10 Å². The van der Waals surface area contributed by atoms with Gasteiger partial charge in [0.15, 0.2) is 0 Å². The quantitative estimate of drug-likeness (QED) is 0.315. The van der Waals surface area contributed by atoms with Gasteiger partial charge in [-0.1, -0.05) is 46.3 Å². The predicted molar refractivity (Wildman–Crippen MR) is 104 cm³/mol. The maximum atomic E-state index is 11.6. The Labute approximate surface area is 160 Å². The molecule has 2 aromatic carbocycles. The molecule has 0 saturated heterocycles. The zero-order valence-electron chi connectivity index (χ0n) is 13.9. The molecule has 0 spiro atoms. The van der Waals surface area contributed by atoms with E-state index in [1.165, 1.54) is 12.3 Å². The third-order valence-corrected chi connectivity index (χ3v) is 3.74. The number of halogens is 1. The number of carbonyl (C=O) groups is 2. The first-order valence-electron chi connectivity index (χ1n) is 7.78. The number of benzene rings is 2. The minimum atomic E-state index is -0.851. The lowest BCUT2D eigenvalue weighted by molar-refractivity contribution is -0.139. The van der Waals surface area contributed by atoms with Crippen LogP contribution in [-0.4, -0.2) is 24.6 Å². The summed E-state index contributed by atoms with van der Waals surface area (Å²) in [5.74, 6) is -1.01. The molecule has 7 heteroatoms. The van der Waals surface area contributed by atoms with E-state index >= 15 is 0 Å². The Morgan fingerprint density at radius 1 is 1.12 bits per heavy atom. The summed E-state index contributed by atoms with van der Waals surface area (Å²) in [5, 5.41) is 6.16. The van der Waals surface area contributed by atoms with Crippen LogP contribution >= 0.6 is 15.9 Å². The van der Waals surface area contributed by atoms with Gasteiger partial charge in [-0.3, -0.25) is 9.59 Å². The summed E-state index contributed by atoms with van der Waals surface area (Å²) in [5.41, 5.74) is 3.87. The molecular weight excluding hydrogens is 398 g/mol. The van der Waals surface area contributed by atoms with Gasteiger partial charge in [0.05, 0.1) is 6.21 Å². The molecule has 0 aliphatic heterocycles. The van der Waals surface area contributed by atoms with Crippen LogP contribution in [0.15, 0.2) is 70.8 Å². The number of carbonyl (C=O) groups excluding carboxylic acids is 2. The molecular formula is C19H18BrN3O3. The zero-order chi connectivity index (χ0) is 18.8. The Morgan fingerprint density at radius 3 is 2.58 bits per heavy atom. The molecule has 0 atom stereocenters. The zero-order valence-corrected chi connectivity index (χ0v) is 15.5. The van der Waals surface area contributed by atoms with E-state index in [9.17, 15) is 9.59 Å². The summed E-state index contributed by atoms with van der Waals surface area (Å²) in [4.78, 5) is 23.0. The van der Waals surface area contributed by atoms with Gasteiger partial charge in [0, 0.05) is 16.6 Å². The van der Waals surface area contributed by atoms with Crippen LogP contribution in [0.3, 0.4) is 0 Å². The van der Waals surface area contributed by atoms with Crippen LogP contribution in [-0.2, 0) is 16.2 Å². The molecule has 2 rings (SSSR count). The van der Waals surface area contributed by atoms with Crippen LogP contribution < -0.4 is 15.5 Å². The van der Waals surface area contributed by atoms with Gasteiger partial charge in [0.1, 0.15) is 12.4 Å². The van der Waals surface area contributed by atoms with Crippen molar-refractivity contribution in [2.75, 3.05) is 6.54 Å². The average Bonchev–Trinajstić information content (AvgIpc) is 2.66. The number of hydrogen-bond donors (Lipinski definition) is 2. The maximum Gasteiger partial charge on any atom is 0.329 e. The summed E-state index contributed by atoms with van der Waals surface area (Å²) in [6, 6.07) is 15.1. The van der Waals surface area contributed by atoms with Crippen molar-refractivity contribution in [1.82, 2.24) is 10.7 Å². The van der Waals surface area contributed by atoms with E-state index in [0.717, 1.165) is 10.0 Å². The number of rotatable bonds is 7. The highest BCUT2D eigenvalue weighted by atomic mass is 79.9. The number of nitrogens with one attached hydrogen (secondary N) is 2. The van der Waals surface area contributed by atoms with E-state index in [0.29, 0.717) is 17.9 Å². The van der Waals surface area contributed by atoms with E-state index in [1.807, 2.05) is 36.4 Å². The van der Waals surface area contributed by atoms with Crippen LogP contribution in [0.2, 0.25) is 0 Å². The number of nitrogens with zero attached hydrogens (tertiary/aromatic N) is 1. The molecule has 0 fully saturated rings. The molecule has 0 aliphatic rings. The average molecular weight is 416 g/mol. The van der Waals surface area contributed by atoms with Crippen molar-refractivity contribution in [3.05, 3.63) is 76.8 Å². The fourth-order valence-electron chi connectivity index (χ4n) is 1.92. The van der Waals surface area contributed by atoms with E-state index in [4.69, 9.17) is 4.74 Å². The topological polar surface area (TPSA) is 79.8 Å². The summed E-state index contributed by atoms with van der Waals surface area (Å²) in [7, 11) is 0. The highest BCUT2D eigenvalue weighted by Gasteiger charge is 2.10. The smallest absolute Gasteiger partial charge is 0.329 e. The number of ether oxygens (including phenoxy) is 1. The van der Waals surface area contributed by atoms with Crippen molar-refractivity contribution < 1.29 is 14.3 Å². The summed E-state index contributed by atoms with van der Waals surface area (Å²) >= 11 is 3.39. The number of hydrogen-bond acceptors (Lipinski definition) is 4. The van der Waals surface area contributed by atoms with Crippen LogP contribution in [0, 0.1) is 0 Å². The van der Waals surface area contributed by atoms with Gasteiger partial charge in [-0.05, 0) is 29.8 Å². The van der Waals surface area contributed by atoms with Gasteiger partial charge in [-0.15, -0.1) is 6.58 Å². The monoisotopic (exact) mass is 415 g/mol. The molecule has 0 saturated carbocycles. The van der Waals surface area contributed by atoms with Crippen LogP contribution in [0.4, 0.5) is 0 Å². The van der Waals surface area contributed by atoms with Crippen LogP contribution in [0.1, 0.15) is 11.1 Å². The molecule has 2 aromatic rings. The van der Waals surface area contributed by atoms with Gasteiger partial charge >= 0.3 is 11.8 Å². The van der Waals surface area contributed by atoms with E-state index in [-0.39, 0.29) is 6.54 Å². The molecule has 0 radical (unpaired) electrons. The maximum absolute atomic E-state index is 11.6. The number of amides is 2. The second-order valence-corrected chi connectivity index (χ2v) is 6.07. The third kappa shape index (κ3) is 6.18. The highest BCUT2D eigenvalue weighted by Crippen LogP contribution is 2.18. The fraction of sp³-hybridized carbons (Fsp3) is 0.105. The molecule has 134 valence electrons. The largest absolute Gasteiger partial charge is 0.488 e. The first-order valence-corrected chi connectivity index (χ1v) is 8.58. The Kier molecular flexibility index (Phi) is 7.57. The van der Waals surface area contributed by atoms with E-state index < -0.39 is 11.8 Å². The van der Waals surface area contributed by atoms with Crippen molar-refractivity contribution in [2.45, 2.75) is 6.61 Å². The van der Waals surface area contributed by atoms with Gasteiger partial charge in [-0.2, -0.15) is 5.10 Å². The minimum absolute atomic E-state index is 0.211. The minimum Gasteiger partial charge on any atom is -0.488 e. The Morgan fingerprint density at radius 2 is 1.85 bits per heavy atom. The van der Waals surface area contributed by atoms with Crippen molar-refractivity contribution >= 4 is 34.0 Å². The molecule has 2 N–H and O–H groups in total. The van der Waals surface area contributed by atoms with Crippen LogP contribution in [0.25, 0.3) is 0 Å². The fourth-order valence-corrected chi connectivity index (χ4v) is 2.18. The lowest BCUT2D eigenvalue weighted by Crippen LogP contribution is -2.37. The third-order valence-electron chi connectivity index (χ3n) is 3.21. The lowest BCUT2D eigenvalue weighted by atomic mass is 10.2. The summed E-state index contributed by atoms with van der Waals surface area (Å²) in [6.07, 6.45) is 2.91. The highest BCUT2D eigenvalue weighted by molar-refractivity contribution is 9.10. The molecule has 2 amide bonds. The Balaban J connectivity index is 1.95. The normalized spacial score (nSPS) is 10.3. The van der Waals surface area contributed by atoms with Crippen molar-refractivity contribution in [1.29, 1.82) is 0 Å². The lowest BCUT2D eigenvalue weighted by Gasteiger charge is -2.09. The molecule has 0 aromatic heterocycles. The number of hydrazone groups is 1. The standard InChI is InChI=1S/C19H18BrN3O3/c1-2-11-21-18(24)19(25)23-22-12-15-5-3-4-6-17(15)26-13-14-7-9-16(20)10-8-14/h2-10,12H,1,11,13H2,(H,21,24)(H,23,25)/b22-12-.